The molecular weight excluding hydrogens is 458 g/mol. The molecule has 1 heterocycles. The van der Waals surface area contributed by atoms with Crippen LogP contribution in [0.3, 0.4) is 0 Å². The van der Waals surface area contributed by atoms with Crippen LogP contribution in [-0.4, -0.2) is 11.6 Å². The number of dihydropyridines is 1. The van der Waals surface area contributed by atoms with Crippen molar-refractivity contribution in [3.8, 4) is 5.75 Å². The maximum absolute atomic E-state index is 13.4. The Labute approximate surface area is 212 Å². The van der Waals surface area contributed by atoms with Gasteiger partial charge in [-0.05, 0) is 47.4 Å². The summed E-state index contributed by atoms with van der Waals surface area (Å²) in [6, 6.07) is 15.5. The summed E-state index contributed by atoms with van der Waals surface area (Å²) in [5, 5.41) is 4.24. The summed E-state index contributed by atoms with van der Waals surface area (Å²) in [4.78, 5) is 26.9. The molecule has 0 aromatic heterocycles. The van der Waals surface area contributed by atoms with Gasteiger partial charge in [0.1, 0.15) is 12.4 Å². The molecule has 0 amide bonds. The molecular formula is C30H32ClNO3. The van der Waals surface area contributed by atoms with Crippen LogP contribution < -0.4 is 10.1 Å². The predicted octanol–water partition coefficient (Wildman–Crippen LogP) is 6.89. The van der Waals surface area contributed by atoms with Gasteiger partial charge in [0.25, 0.3) is 0 Å². The zero-order chi connectivity index (χ0) is 25.0. The number of ketones is 2. The second kappa shape index (κ2) is 8.67. The van der Waals surface area contributed by atoms with E-state index in [4.69, 9.17) is 16.3 Å². The van der Waals surface area contributed by atoms with Crippen LogP contribution in [0.5, 0.6) is 5.75 Å². The molecule has 35 heavy (non-hydrogen) atoms. The van der Waals surface area contributed by atoms with Gasteiger partial charge in [-0.1, -0.05) is 69.6 Å². The van der Waals surface area contributed by atoms with Crippen LogP contribution in [-0.2, 0) is 16.2 Å². The molecule has 0 unspecified atom stereocenters. The van der Waals surface area contributed by atoms with E-state index in [2.05, 4.69) is 33.0 Å². The van der Waals surface area contributed by atoms with Gasteiger partial charge in [0.15, 0.2) is 11.6 Å². The molecule has 5 rings (SSSR count). The van der Waals surface area contributed by atoms with Gasteiger partial charge < -0.3 is 10.1 Å². The lowest BCUT2D eigenvalue weighted by Gasteiger charge is -2.44. The number of Topliss-reactive ketones (excluding diaryl/α,β-unsaturated/α-hetero) is 2. The maximum atomic E-state index is 13.4. The van der Waals surface area contributed by atoms with Gasteiger partial charge in [0, 0.05) is 51.9 Å². The number of rotatable bonds is 4. The number of hydrogen-bond acceptors (Lipinski definition) is 4. The van der Waals surface area contributed by atoms with E-state index >= 15 is 0 Å². The lowest BCUT2D eigenvalue weighted by atomic mass is 9.64. The highest BCUT2D eigenvalue weighted by atomic mass is 35.5. The molecule has 1 aliphatic heterocycles. The number of carbonyl (C=O) groups is 2. The lowest BCUT2D eigenvalue weighted by Crippen LogP contribution is -2.42. The predicted molar refractivity (Wildman–Crippen MR) is 138 cm³/mol. The Morgan fingerprint density at radius 3 is 1.91 bits per heavy atom. The number of allylic oxidation sites excluding steroid dienone is 4. The fraction of sp³-hybridized carbons (Fsp3) is 0.400. The van der Waals surface area contributed by atoms with Gasteiger partial charge in [-0.25, -0.2) is 0 Å². The molecule has 0 bridgehead atoms. The summed E-state index contributed by atoms with van der Waals surface area (Å²) in [5.41, 5.74) is 5.18. The normalized spacial score (nSPS) is 21.4. The van der Waals surface area contributed by atoms with E-state index in [1.807, 2.05) is 48.5 Å². The van der Waals surface area contributed by atoms with Crippen molar-refractivity contribution in [1.29, 1.82) is 0 Å². The van der Waals surface area contributed by atoms with Gasteiger partial charge in [0.05, 0.1) is 0 Å². The molecule has 0 fully saturated rings. The van der Waals surface area contributed by atoms with Crippen molar-refractivity contribution in [3.05, 3.63) is 87.2 Å². The van der Waals surface area contributed by atoms with E-state index in [9.17, 15) is 9.59 Å². The minimum absolute atomic E-state index is 0.101. The number of halogens is 1. The zero-order valence-corrected chi connectivity index (χ0v) is 21.6. The molecule has 2 aromatic rings. The highest BCUT2D eigenvalue weighted by Gasteiger charge is 2.46. The highest BCUT2D eigenvalue weighted by molar-refractivity contribution is 6.31. The molecule has 2 aromatic carbocycles. The van der Waals surface area contributed by atoms with E-state index in [1.54, 1.807) is 0 Å². The van der Waals surface area contributed by atoms with Crippen molar-refractivity contribution < 1.29 is 14.3 Å². The van der Waals surface area contributed by atoms with Crippen LogP contribution in [0.25, 0.3) is 0 Å². The standard InChI is InChI=1S/C30H32ClNO3/c1-29(2)13-22-27(24(33)15-29)26(28-23(32-22)14-30(3,4)16-25(28)34)18-9-11-20(12-10-18)35-17-19-7-5-6-8-21(19)31/h5-12,26,32H,13-17H2,1-4H3. The highest BCUT2D eigenvalue weighted by Crippen LogP contribution is 2.51. The van der Waals surface area contributed by atoms with Crippen molar-refractivity contribution in [3.63, 3.8) is 0 Å². The summed E-state index contributed by atoms with van der Waals surface area (Å²) in [6.07, 6.45) is 2.58. The fourth-order valence-corrected chi connectivity index (χ4v) is 5.95. The molecule has 3 aliphatic rings. The molecule has 4 nitrogen and oxygen atoms in total. The van der Waals surface area contributed by atoms with E-state index in [0.29, 0.717) is 24.5 Å². The summed E-state index contributed by atoms with van der Waals surface area (Å²) in [6.45, 7) is 8.91. The molecule has 0 radical (unpaired) electrons. The summed E-state index contributed by atoms with van der Waals surface area (Å²) >= 11 is 6.25. The first-order valence-corrected chi connectivity index (χ1v) is 12.7. The molecule has 2 aliphatic carbocycles. The Balaban J connectivity index is 1.50. The zero-order valence-electron chi connectivity index (χ0n) is 20.8. The van der Waals surface area contributed by atoms with Crippen molar-refractivity contribution in [2.24, 2.45) is 10.8 Å². The second-order valence-electron chi connectivity index (χ2n) is 11.7. The maximum Gasteiger partial charge on any atom is 0.162 e. The summed E-state index contributed by atoms with van der Waals surface area (Å²) in [7, 11) is 0. The van der Waals surface area contributed by atoms with E-state index < -0.39 is 0 Å². The Morgan fingerprint density at radius 1 is 0.829 bits per heavy atom. The molecule has 0 saturated carbocycles. The van der Waals surface area contributed by atoms with Gasteiger partial charge in [-0.3, -0.25) is 9.59 Å². The minimum Gasteiger partial charge on any atom is -0.489 e. The molecule has 0 atom stereocenters. The lowest BCUT2D eigenvalue weighted by molar-refractivity contribution is -0.119. The van der Waals surface area contributed by atoms with Crippen LogP contribution in [0.4, 0.5) is 0 Å². The van der Waals surface area contributed by atoms with Gasteiger partial charge in [-0.2, -0.15) is 0 Å². The molecule has 5 heteroatoms. The quantitative estimate of drug-likeness (QED) is 0.508. The molecule has 182 valence electrons. The monoisotopic (exact) mass is 489 g/mol. The minimum atomic E-state index is -0.328. The number of carbonyl (C=O) groups excluding carboxylic acids is 2. The van der Waals surface area contributed by atoms with Crippen molar-refractivity contribution in [2.75, 3.05) is 0 Å². The second-order valence-corrected chi connectivity index (χ2v) is 12.1. The van der Waals surface area contributed by atoms with Crippen molar-refractivity contribution in [1.82, 2.24) is 5.32 Å². The fourth-order valence-electron chi connectivity index (χ4n) is 5.76. The Bertz CT molecular complexity index is 1210. The SMILES string of the molecule is CC1(C)CC(=O)C2=C(C1)NC1=C(C(=O)CC(C)(C)C1)C2c1ccc(OCc2ccccc2Cl)cc1. The summed E-state index contributed by atoms with van der Waals surface area (Å²) in [5.74, 6) is 0.665. The van der Waals surface area contributed by atoms with Crippen LogP contribution in [0.15, 0.2) is 71.1 Å². The number of nitrogens with one attached hydrogen (secondary N) is 1. The molecule has 0 saturated heterocycles. The Morgan fingerprint density at radius 2 is 1.37 bits per heavy atom. The van der Waals surface area contributed by atoms with Gasteiger partial charge >= 0.3 is 0 Å². The first-order valence-electron chi connectivity index (χ1n) is 12.3. The third kappa shape index (κ3) is 4.69. The van der Waals surface area contributed by atoms with Crippen LogP contribution >= 0.6 is 11.6 Å². The van der Waals surface area contributed by atoms with E-state index in [1.165, 1.54) is 0 Å². The van der Waals surface area contributed by atoms with Gasteiger partial charge in [0.2, 0.25) is 0 Å². The smallest absolute Gasteiger partial charge is 0.162 e. The topological polar surface area (TPSA) is 55.4 Å². The third-order valence-corrected chi connectivity index (χ3v) is 7.65. The van der Waals surface area contributed by atoms with Crippen molar-refractivity contribution >= 4 is 23.2 Å². The first kappa shape index (κ1) is 23.9. The number of benzene rings is 2. The van der Waals surface area contributed by atoms with Crippen LogP contribution in [0, 0.1) is 10.8 Å². The van der Waals surface area contributed by atoms with E-state index in [0.717, 1.165) is 52.3 Å². The number of ether oxygens (including phenoxy) is 1. The number of hydrogen-bond donors (Lipinski definition) is 1. The first-order chi connectivity index (χ1) is 16.5. The average molecular weight is 490 g/mol. The van der Waals surface area contributed by atoms with Crippen LogP contribution in [0.2, 0.25) is 5.02 Å². The van der Waals surface area contributed by atoms with E-state index in [-0.39, 0.29) is 28.3 Å². The largest absolute Gasteiger partial charge is 0.489 e. The summed E-state index contributed by atoms with van der Waals surface area (Å²) < 4.78 is 5.97. The van der Waals surface area contributed by atoms with Crippen LogP contribution in [0.1, 0.15) is 70.4 Å². The molecule has 0 spiro atoms. The van der Waals surface area contributed by atoms with Gasteiger partial charge in [-0.15, -0.1) is 0 Å². The Hall–Kier alpha value is -2.85. The molecule has 1 N–H and O–H groups in total. The Kier molecular flexibility index (Phi) is 5.91. The van der Waals surface area contributed by atoms with Crippen molar-refractivity contribution in [2.45, 2.75) is 65.9 Å². The third-order valence-electron chi connectivity index (χ3n) is 7.28. The average Bonchev–Trinajstić information content (AvgIpc) is 2.76.